The van der Waals surface area contributed by atoms with Crippen molar-refractivity contribution in [3.05, 3.63) is 42.1 Å². The van der Waals surface area contributed by atoms with Crippen LogP contribution in [-0.4, -0.2) is 40.9 Å². The van der Waals surface area contributed by atoms with Crippen molar-refractivity contribution in [1.82, 2.24) is 14.7 Å². The van der Waals surface area contributed by atoms with E-state index in [1.807, 2.05) is 48.0 Å². The van der Waals surface area contributed by atoms with Crippen molar-refractivity contribution in [1.29, 1.82) is 0 Å². The first kappa shape index (κ1) is 15.1. The molecule has 0 amide bonds. The van der Waals surface area contributed by atoms with Crippen LogP contribution in [0, 0.1) is 6.92 Å². The number of likely N-dealkylation sites (tertiary alicyclic amines) is 1. The lowest BCUT2D eigenvalue weighted by Gasteiger charge is -2.26. The lowest BCUT2D eigenvalue weighted by Crippen LogP contribution is -2.31. The van der Waals surface area contributed by atoms with Crippen molar-refractivity contribution in [2.45, 2.75) is 32.6 Å². The van der Waals surface area contributed by atoms with Gasteiger partial charge in [-0.25, -0.2) is 4.68 Å². The van der Waals surface area contributed by atoms with Crippen LogP contribution in [0.4, 0.5) is 0 Å². The zero-order valence-corrected chi connectivity index (χ0v) is 13.4. The van der Waals surface area contributed by atoms with Gasteiger partial charge in [0, 0.05) is 12.6 Å². The van der Waals surface area contributed by atoms with Crippen LogP contribution in [0.15, 0.2) is 36.4 Å². The van der Waals surface area contributed by atoms with Gasteiger partial charge in [-0.3, -0.25) is 0 Å². The van der Waals surface area contributed by atoms with E-state index < -0.39 is 0 Å². The summed E-state index contributed by atoms with van der Waals surface area (Å²) in [6.45, 7) is 6.38. The third-order valence-corrected chi connectivity index (χ3v) is 4.12. The fourth-order valence-corrected chi connectivity index (χ4v) is 2.98. The molecule has 1 aromatic heterocycles. The largest absolute Gasteiger partial charge is 0.478 e. The SMILES string of the molecule is Cc1cc(OCCCN2CCCCC2)n(-c2ccccc2)n1. The van der Waals surface area contributed by atoms with Gasteiger partial charge in [-0.1, -0.05) is 24.6 Å². The Labute approximate surface area is 132 Å². The fraction of sp³-hybridized carbons (Fsp3) is 0.500. The van der Waals surface area contributed by atoms with Crippen LogP contribution in [0.2, 0.25) is 0 Å². The van der Waals surface area contributed by atoms with Crippen LogP contribution in [0.3, 0.4) is 0 Å². The molecule has 1 aromatic carbocycles. The molecule has 22 heavy (non-hydrogen) atoms. The molecule has 118 valence electrons. The Hall–Kier alpha value is -1.81. The van der Waals surface area contributed by atoms with Gasteiger partial charge >= 0.3 is 0 Å². The molecule has 2 aromatic rings. The van der Waals surface area contributed by atoms with Gasteiger partial charge in [0.25, 0.3) is 0 Å². The van der Waals surface area contributed by atoms with Crippen molar-refractivity contribution in [3.8, 4) is 11.6 Å². The maximum Gasteiger partial charge on any atom is 0.216 e. The molecule has 0 unspecified atom stereocenters. The molecule has 0 atom stereocenters. The molecule has 1 saturated heterocycles. The number of benzene rings is 1. The fourth-order valence-electron chi connectivity index (χ4n) is 2.98. The number of rotatable bonds is 6. The standard InChI is InChI=1S/C18H25N3O/c1-16-15-18(21(19-16)17-9-4-2-5-10-17)22-14-8-13-20-11-6-3-7-12-20/h2,4-5,9-10,15H,3,6-8,11-14H2,1H3. The normalized spacial score (nSPS) is 15.9. The highest BCUT2D eigenvalue weighted by Crippen LogP contribution is 2.19. The Morgan fingerprint density at radius 2 is 1.86 bits per heavy atom. The highest BCUT2D eigenvalue weighted by molar-refractivity contribution is 5.35. The van der Waals surface area contributed by atoms with E-state index >= 15 is 0 Å². The second-order valence-corrected chi connectivity index (χ2v) is 5.98. The maximum atomic E-state index is 5.98. The van der Waals surface area contributed by atoms with Crippen molar-refractivity contribution >= 4 is 0 Å². The van der Waals surface area contributed by atoms with Crippen molar-refractivity contribution in [2.75, 3.05) is 26.2 Å². The Kier molecular flexibility index (Phi) is 5.11. The van der Waals surface area contributed by atoms with E-state index in [4.69, 9.17) is 4.74 Å². The van der Waals surface area contributed by atoms with Gasteiger partial charge in [-0.05, 0) is 51.4 Å². The number of aromatic nitrogens is 2. The molecule has 1 aliphatic heterocycles. The topological polar surface area (TPSA) is 30.3 Å². The van der Waals surface area contributed by atoms with Gasteiger partial charge in [0.15, 0.2) is 0 Å². The summed E-state index contributed by atoms with van der Waals surface area (Å²) in [5, 5.41) is 4.53. The molecular formula is C18H25N3O. The molecular weight excluding hydrogens is 274 g/mol. The molecule has 1 aliphatic rings. The van der Waals surface area contributed by atoms with E-state index in [-0.39, 0.29) is 0 Å². The minimum absolute atomic E-state index is 0.745. The maximum absolute atomic E-state index is 5.98. The third-order valence-electron chi connectivity index (χ3n) is 4.12. The van der Waals surface area contributed by atoms with E-state index in [0.717, 1.165) is 36.8 Å². The van der Waals surface area contributed by atoms with E-state index in [0.29, 0.717) is 0 Å². The average molecular weight is 299 g/mol. The van der Waals surface area contributed by atoms with Crippen LogP contribution in [0.25, 0.3) is 5.69 Å². The lowest BCUT2D eigenvalue weighted by atomic mass is 10.1. The van der Waals surface area contributed by atoms with Crippen LogP contribution >= 0.6 is 0 Å². The summed E-state index contributed by atoms with van der Waals surface area (Å²) in [5.74, 6) is 0.836. The molecule has 0 bridgehead atoms. The molecule has 4 heteroatoms. The minimum atomic E-state index is 0.745. The quantitative estimate of drug-likeness (QED) is 0.766. The van der Waals surface area contributed by atoms with Crippen molar-refractivity contribution in [2.24, 2.45) is 0 Å². The van der Waals surface area contributed by atoms with Gasteiger partial charge in [-0.2, -0.15) is 5.10 Å². The average Bonchev–Trinajstić information content (AvgIpc) is 2.94. The second kappa shape index (κ2) is 7.45. The highest BCUT2D eigenvalue weighted by atomic mass is 16.5. The monoisotopic (exact) mass is 299 g/mol. The first-order valence-corrected chi connectivity index (χ1v) is 8.30. The van der Waals surface area contributed by atoms with Gasteiger partial charge < -0.3 is 9.64 Å². The van der Waals surface area contributed by atoms with Crippen LogP contribution < -0.4 is 4.74 Å². The molecule has 0 N–H and O–H groups in total. The number of ether oxygens (including phenoxy) is 1. The summed E-state index contributed by atoms with van der Waals surface area (Å²) in [6, 6.07) is 12.2. The number of hydrogen-bond donors (Lipinski definition) is 0. The lowest BCUT2D eigenvalue weighted by molar-refractivity contribution is 0.201. The van der Waals surface area contributed by atoms with Crippen LogP contribution in [0.1, 0.15) is 31.4 Å². The summed E-state index contributed by atoms with van der Waals surface area (Å²) in [4.78, 5) is 2.55. The Morgan fingerprint density at radius 3 is 2.64 bits per heavy atom. The Bertz CT molecular complexity index is 573. The number of para-hydroxylation sites is 1. The molecule has 4 nitrogen and oxygen atoms in total. The molecule has 1 fully saturated rings. The van der Waals surface area contributed by atoms with Crippen LogP contribution in [0.5, 0.6) is 5.88 Å². The number of piperidine rings is 1. The van der Waals surface area contributed by atoms with Crippen molar-refractivity contribution in [3.63, 3.8) is 0 Å². The van der Waals surface area contributed by atoms with Gasteiger partial charge in [0.2, 0.25) is 5.88 Å². The molecule has 0 radical (unpaired) electrons. The zero-order valence-electron chi connectivity index (χ0n) is 13.4. The Morgan fingerprint density at radius 1 is 1.09 bits per heavy atom. The van der Waals surface area contributed by atoms with E-state index in [1.54, 1.807) is 0 Å². The van der Waals surface area contributed by atoms with E-state index in [2.05, 4.69) is 10.00 Å². The minimum Gasteiger partial charge on any atom is -0.478 e. The molecule has 0 aliphatic carbocycles. The highest BCUT2D eigenvalue weighted by Gasteiger charge is 2.11. The smallest absolute Gasteiger partial charge is 0.216 e. The Balaban J connectivity index is 1.54. The number of nitrogens with zero attached hydrogens (tertiary/aromatic N) is 3. The van der Waals surface area contributed by atoms with Crippen molar-refractivity contribution < 1.29 is 4.74 Å². The molecule has 3 rings (SSSR count). The molecule has 0 saturated carbocycles. The second-order valence-electron chi connectivity index (χ2n) is 5.98. The van der Waals surface area contributed by atoms with Gasteiger partial charge in [0.1, 0.15) is 0 Å². The predicted molar refractivity (Wildman–Crippen MR) is 88.7 cm³/mol. The summed E-state index contributed by atoms with van der Waals surface area (Å²) >= 11 is 0. The van der Waals surface area contributed by atoms with Crippen LogP contribution in [-0.2, 0) is 0 Å². The zero-order chi connectivity index (χ0) is 15.2. The summed E-state index contributed by atoms with van der Waals surface area (Å²) in [5.41, 5.74) is 2.02. The number of hydrogen-bond acceptors (Lipinski definition) is 3. The summed E-state index contributed by atoms with van der Waals surface area (Å²) < 4.78 is 7.86. The first-order valence-electron chi connectivity index (χ1n) is 8.30. The predicted octanol–water partition coefficient (Wildman–Crippen LogP) is 3.44. The number of aryl methyl sites for hydroxylation is 1. The van der Waals surface area contributed by atoms with Gasteiger partial charge in [-0.15, -0.1) is 0 Å². The molecule has 2 heterocycles. The first-order chi connectivity index (χ1) is 10.8. The van der Waals surface area contributed by atoms with Gasteiger partial charge in [0.05, 0.1) is 18.0 Å². The third kappa shape index (κ3) is 3.89. The van der Waals surface area contributed by atoms with E-state index in [1.165, 1.54) is 32.4 Å². The summed E-state index contributed by atoms with van der Waals surface area (Å²) in [7, 11) is 0. The summed E-state index contributed by atoms with van der Waals surface area (Å²) in [6.07, 6.45) is 5.16. The van der Waals surface area contributed by atoms with E-state index in [9.17, 15) is 0 Å². The molecule has 0 spiro atoms.